The fourth-order valence-electron chi connectivity index (χ4n) is 4.94. The van der Waals surface area contributed by atoms with E-state index in [1.54, 1.807) is 23.4 Å². The number of amides is 1. The van der Waals surface area contributed by atoms with Gasteiger partial charge in [0.2, 0.25) is 5.91 Å². The third kappa shape index (κ3) is 3.89. The maximum absolute atomic E-state index is 14.2. The summed E-state index contributed by atoms with van der Waals surface area (Å²) in [7, 11) is 0. The number of aryl methyl sites for hydroxylation is 2. The number of carbonyl (C=O) groups excluding carboxylic acids is 1. The molecule has 0 aliphatic carbocycles. The maximum atomic E-state index is 14.2. The normalized spacial score (nSPS) is 20.2. The molecule has 1 amide bonds. The minimum absolute atomic E-state index is 0.139. The van der Waals surface area contributed by atoms with Gasteiger partial charge in [-0.3, -0.25) is 4.79 Å². The molecular formula is C25H24F3N5O. The number of hydrogen-bond donors (Lipinski definition) is 1. The first-order valence-electron chi connectivity index (χ1n) is 11.3. The minimum atomic E-state index is -1.27. The highest BCUT2D eigenvalue weighted by Gasteiger charge is 2.43. The zero-order chi connectivity index (χ0) is 24.0. The van der Waals surface area contributed by atoms with Gasteiger partial charge >= 0.3 is 0 Å². The molecule has 0 unspecified atom stereocenters. The van der Waals surface area contributed by atoms with Crippen molar-refractivity contribution in [2.24, 2.45) is 0 Å². The highest BCUT2D eigenvalue weighted by molar-refractivity contribution is 5.84. The molecule has 2 aromatic heterocycles. The molecule has 5 rings (SSSR count). The van der Waals surface area contributed by atoms with Gasteiger partial charge in [-0.05, 0) is 56.9 Å². The van der Waals surface area contributed by atoms with Crippen LogP contribution in [0.1, 0.15) is 42.5 Å². The van der Waals surface area contributed by atoms with Crippen LogP contribution in [0.4, 0.5) is 19.0 Å². The van der Waals surface area contributed by atoms with Crippen molar-refractivity contribution in [1.29, 1.82) is 0 Å². The molecule has 176 valence electrons. The molecule has 6 nitrogen and oxygen atoms in total. The lowest BCUT2D eigenvalue weighted by Crippen LogP contribution is -2.46. The molecule has 1 saturated heterocycles. The molecule has 3 aromatic rings. The summed E-state index contributed by atoms with van der Waals surface area (Å²) in [5, 5.41) is 3.55. The molecule has 0 bridgehead atoms. The van der Waals surface area contributed by atoms with Crippen LogP contribution in [-0.2, 0) is 11.2 Å². The van der Waals surface area contributed by atoms with Crippen LogP contribution in [0.15, 0.2) is 36.7 Å². The summed E-state index contributed by atoms with van der Waals surface area (Å²) < 4.78 is 41.2. The van der Waals surface area contributed by atoms with E-state index in [1.807, 2.05) is 6.92 Å². The van der Waals surface area contributed by atoms with Crippen LogP contribution in [0.2, 0.25) is 0 Å². The summed E-state index contributed by atoms with van der Waals surface area (Å²) in [5.41, 5.74) is 2.30. The second kappa shape index (κ2) is 8.38. The molecule has 1 N–H and O–H groups in total. The second-order valence-corrected chi connectivity index (χ2v) is 9.13. The number of nitrogens with zero attached hydrogens (tertiary/aromatic N) is 4. The Labute approximate surface area is 195 Å². The molecule has 1 spiro atoms. The number of likely N-dealkylation sites (tertiary alicyclic amines) is 1. The number of halogens is 3. The number of carbonyl (C=O) groups is 1. The Balaban J connectivity index is 1.34. The molecular weight excluding hydrogens is 443 g/mol. The maximum Gasteiger partial charge on any atom is 0.230 e. The molecule has 4 heterocycles. The van der Waals surface area contributed by atoms with Crippen molar-refractivity contribution in [2.75, 3.05) is 18.4 Å². The lowest BCUT2D eigenvalue weighted by Gasteiger charge is -2.36. The average molecular weight is 467 g/mol. The van der Waals surface area contributed by atoms with Gasteiger partial charge in [0.1, 0.15) is 11.6 Å². The van der Waals surface area contributed by atoms with Crippen LogP contribution in [0.25, 0.3) is 11.4 Å². The lowest BCUT2D eigenvalue weighted by atomic mass is 9.86. The van der Waals surface area contributed by atoms with Gasteiger partial charge in [-0.1, -0.05) is 0 Å². The van der Waals surface area contributed by atoms with E-state index in [-0.39, 0.29) is 17.0 Å². The Hall–Kier alpha value is -3.49. The van der Waals surface area contributed by atoms with Gasteiger partial charge in [-0.15, -0.1) is 0 Å². The topological polar surface area (TPSA) is 71.0 Å². The zero-order valence-corrected chi connectivity index (χ0v) is 18.9. The fraction of sp³-hybridized carbons (Fsp3) is 0.360. The molecule has 0 saturated carbocycles. The van der Waals surface area contributed by atoms with Crippen LogP contribution in [0.3, 0.4) is 0 Å². The van der Waals surface area contributed by atoms with Crippen molar-refractivity contribution < 1.29 is 18.0 Å². The molecule has 0 radical (unpaired) electrons. The Morgan fingerprint density at radius 1 is 1.09 bits per heavy atom. The van der Waals surface area contributed by atoms with E-state index < -0.39 is 23.4 Å². The zero-order valence-electron chi connectivity index (χ0n) is 18.9. The van der Waals surface area contributed by atoms with Crippen molar-refractivity contribution in [2.45, 2.75) is 44.6 Å². The first-order chi connectivity index (χ1) is 16.3. The minimum Gasteiger partial charge on any atom is -0.363 e. The van der Waals surface area contributed by atoms with Gasteiger partial charge in [-0.2, -0.15) is 0 Å². The number of hydrogen-bond acceptors (Lipinski definition) is 5. The largest absolute Gasteiger partial charge is 0.363 e. The van der Waals surface area contributed by atoms with Crippen LogP contribution in [0.5, 0.6) is 0 Å². The van der Waals surface area contributed by atoms with E-state index in [0.717, 1.165) is 48.0 Å². The van der Waals surface area contributed by atoms with Gasteiger partial charge < -0.3 is 10.2 Å². The standard InChI is InChI=1S/C25H24F3N5O/c1-14(17-11-20(27)21(28)12-19(17)26)24(34)33-9-6-25(13-33)5-4-16-10-18(15(2)31-22(16)32-25)23-29-7-3-8-30-23/h3,7-8,10-12,14H,4-6,9,13H2,1-2H3,(H,31,32)/t14-,25+/m1/s1. The van der Waals surface area contributed by atoms with E-state index in [1.165, 1.54) is 6.92 Å². The number of aromatic nitrogens is 3. The van der Waals surface area contributed by atoms with E-state index >= 15 is 0 Å². The second-order valence-electron chi connectivity index (χ2n) is 9.13. The molecule has 1 fully saturated rings. The molecule has 2 atom stereocenters. The third-order valence-corrected chi connectivity index (χ3v) is 6.90. The van der Waals surface area contributed by atoms with Crippen LogP contribution in [0, 0.1) is 24.4 Å². The van der Waals surface area contributed by atoms with Crippen molar-refractivity contribution in [3.63, 3.8) is 0 Å². The van der Waals surface area contributed by atoms with Gasteiger partial charge in [-0.25, -0.2) is 28.1 Å². The van der Waals surface area contributed by atoms with E-state index in [4.69, 9.17) is 4.98 Å². The molecule has 34 heavy (non-hydrogen) atoms. The molecule has 2 aliphatic rings. The summed E-state index contributed by atoms with van der Waals surface area (Å²) >= 11 is 0. The number of fused-ring (bicyclic) bond motifs is 1. The van der Waals surface area contributed by atoms with Gasteiger partial charge in [0.15, 0.2) is 17.5 Å². The number of anilines is 1. The highest BCUT2D eigenvalue weighted by Crippen LogP contribution is 2.38. The summed E-state index contributed by atoms with van der Waals surface area (Å²) in [5.74, 6) is -3.16. The average Bonchev–Trinajstić information content (AvgIpc) is 3.23. The summed E-state index contributed by atoms with van der Waals surface area (Å²) in [6.07, 6.45) is 5.70. The molecule has 2 aliphatic heterocycles. The van der Waals surface area contributed by atoms with E-state index in [2.05, 4.69) is 21.4 Å². The van der Waals surface area contributed by atoms with Crippen LogP contribution in [-0.4, -0.2) is 44.4 Å². The van der Waals surface area contributed by atoms with E-state index in [0.29, 0.717) is 25.0 Å². The van der Waals surface area contributed by atoms with Gasteiger partial charge in [0, 0.05) is 42.7 Å². The Morgan fingerprint density at radius 2 is 1.82 bits per heavy atom. The first kappa shape index (κ1) is 22.3. The quantitative estimate of drug-likeness (QED) is 0.579. The lowest BCUT2D eigenvalue weighted by molar-refractivity contribution is -0.131. The van der Waals surface area contributed by atoms with Gasteiger partial charge in [0.25, 0.3) is 0 Å². The fourth-order valence-corrected chi connectivity index (χ4v) is 4.94. The molecule has 1 aromatic carbocycles. The van der Waals surface area contributed by atoms with Crippen molar-refractivity contribution in [3.8, 4) is 11.4 Å². The number of benzene rings is 1. The van der Waals surface area contributed by atoms with Crippen LogP contribution >= 0.6 is 0 Å². The summed E-state index contributed by atoms with van der Waals surface area (Å²) in [4.78, 5) is 28.2. The van der Waals surface area contributed by atoms with Crippen molar-refractivity contribution in [1.82, 2.24) is 19.9 Å². The number of nitrogens with one attached hydrogen (secondary N) is 1. The van der Waals surface area contributed by atoms with E-state index in [9.17, 15) is 18.0 Å². The smallest absolute Gasteiger partial charge is 0.230 e. The van der Waals surface area contributed by atoms with Gasteiger partial charge in [0.05, 0.1) is 17.2 Å². The van der Waals surface area contributed by atoms with Crippen molar-refractivity contribution in [3.05, 3.63) is 70.9 Å². The van der Waals surface area contributed by atoms with Crippen molar-refractivity contribution >= 4 is 11.7 Å². The number of pyridine rings is 1. The number of rotatable bonds is 3. The predicted octanol–water partition coefficient (Wildman–Crippen LogP) is 4.40. The Bertz CT molecular complexity index is 1270. The molecule has 9 heteroatoms. The monoisotopic (exact) mass is 467 g/mol. The SMILES string of the molecule is Cc1nc2c(cc1-c1ncccn1)CC[C@@]1(CCN(C(=O)[C@H](C)c3cc(F)c(F)cc3F)C1)N2. The first-order valence-corrected chi connectivity index (χ1v) is 11.3. The Kier molecular flexibility index (Phi) is 5.50. The van der Waals surface area contributed by atoms with Crippen LogP contribution < -0.4 is 5.32 Å². The summed E-state index contributed by atoms with van der Waals surface area (Å²) in [6, 6.07) is 5.10. The third-order valence-electron chi connectivity index (χ3n) is 6.90. The highest BCUT2D eigenvalue weighted by atomic mass is 19.2. The Morgan fingerprint density at radius 3 is 2.59 bits per heavy atom. The summed E-state index contributed by atoms with van der Waals surface area (Å²) in [6.45, 7) is 4.36. The predicted molar refractivity (Wildman–Crippen MR) is 121 cm³/mol.